The Hall–Kier alpha value is -1.22. The van der Waals surface area contributed by atoms with E-state index < -0.39 is 0 Å². The summed E-state index contributed by atoms with van der Waals surface area (Å²) in [5.41, 5.74) is 1.79. The number of halogens is 2. The number of fused-ring (bicyclic) bond motifs is 1. The Labute approximate surface area is 130 Å². The monoisotopic (exact) mass is 308 g/mol. The third-order valence-electron chi connectivity index (χ3n) is 3.61. The molecule has 21 heavy (non-hydrogen) atoms. The van der Waals surface area contributed by atoms with Gasteiger partial charge in [0.15, 0.2) is 5.82 Å². The number of hydrogen-bond acceptors (Lipinski definition) is 2. The zero-order valence-corrected chi connectivity index (χ0v) is 14.2. The van der Waals surface area contributed by atoms with Gasteiger partial charge in [-0.15, -0.1) is 0 Å². The quantitative estimate of drug-likeness (QED) is 0.717. The van der Waals surface area contributed by atoms with E-state index in [0.29, 0.717) is 21.9 Å². The molecular weight excluding hydrogens is 287 g/mol. The van der Waals surface area contributed by atoms with E-state index in [4.69, 9.17) is 11.6 Å². The molecule has 0 aliphatic heterocycles. The van der Waals surface area contributed by atoms with Crippen LogP contribution in [0.15, 0.2) is 6.07 Å². The summed E-state index contributed by atoms with van der Waals surface area (Å²) in [6.07, 6.45) is 0. The summed E-state index contributed by atoms with van der Waals surface area (Å²) in [5, 5.41) is 1.18. The minimum atomic E-state index is -0.307. The number of benzene rings is 1. The van der Waals surface area contributed by atoms with Gasteiger partial charge >= 0.3 is 0 Å². The molecule has 4 heteroatoms. The predicted octanol–water partition coefficient (Wildman–Crippen LogP) is 5.79. The second-order valence-electron chi connectivity index (χ2n) is 6.41. The molecule has 2 aromatic rings. The first kappa shape index (κ1) is 16.2. The van der Waals surface area contributed by atoms with Gasteiger partial charge in [-0.1, -0.05) is 53.1 Å². The van der Waals surface area contributed by atoms with Crippen molar-refractivity contribution in [2.75, 3.05) is 0 Å². The summed E-state index contributed by atoms with van der Waals surface area (Å²) in [6.45, 7) is 12.0. The Balaban J connectivity index is 2.91. The van der Waals surface area contributed by atoms with Crippen LogP contribution in [0.4, 0.5) is 4.39 Å². The third-order valence-corrected chi connectivity index (χ3v) is 3.92. The molecular formula is C17H22ClFN2. The second kappa shape index (κ2) is 5.88. The molecule has 0 aliphatic rings. The smallest absolute Gasteiger partial charge is 0.154 e. The Morgan fingerprint density at radius 2 is 1.57 bits per heavy atom. The Kier molecular flexibility index (Phi) is 4.52. The molecule has 0 bridgehead atoms. The number of aromatic nitrogens is 2. The van der Waals surface area contributed by atoms with Crippen molar-refractivity contribution in [3.8, 4) is 0 Å². The summed E-state index contributed by atoms with van der Waals surface area (Å²) >= 11 is 6.29. The van der Waals surface area contributed by atoms with Gasteiger partial charge in [0.25, 0.3) is 0 Å². The van der Waals surface area contributed by atoms with Gasteiger partial charge in [0.05, 0.1) is 5.69 Å². The van der Waals surface area contributed by atoms with Gasteiger partial charge in [0.1, 0.15) is 11.3 Å². The molecule has 0 amide bonds. The van der Waals surface area contributed by atoms with Crippen molar-refractivity contribution in [2.24, 2.45) is 0 Å². The fraction of sp³-hybridized carbons (Fsp3) is 0.529. The highest BCUT2D eigenvalue weighted by Gasteiger charge is 2.21. The van der Waals surface area contributed by atoms with Crippen LogP contribution in [-0.4, -0.2) is 9.97 Å². The molecule has 0 saturated heterocycles. The highest BCUT2D eigenvalue weighted by molar-refractivity contribution is 6.32. The normalized spacial score (nSPS) is 12.1. The van der Waals surface area contributed by atoms with E-state index in [1.165, 1.54) is 0 Å². The standard InChI is InChI=1S/C17H22ClFN2/c1-8(2)13-12(18)7-11-15(9(3)4)20-17(10(5)6)21-16(11)14(13)19/h7-10H,1-6H3. The van der Waals surface area contributed by atoms with Gasteiger partial charge in [-0.2, -0.15) is 0 Å². The van der Waals surface area contributed by atoms with Gasteiger partial charge in [-0.25, -0.2) is 14.4 Å². The average Bonchev–Trinajstić information content (AvgIpc) is 2.36. The van der Waals surface area contributed by atoms with Crippen LogP contribution in [0.1, 0.15) is 76.4 Å². The fourth-order valence-electron chi connectivity index (χ4n) is 2.48. The van der Waals surface area contributed by atoms with Crippen molar-refractivity contribution in [2.45, 2.75) is 59.3 Å². The summed E-state index contributed by atoms with van der Waals surface area (Å²) in [4.78, 5) is 9.08. The minimum absolute atomic E-state index is 0.0156. The molecule has 1 heterocycles. The second-order valence-corrected chi connectivity index (χ2v) is 6.82. The van der Waals surface area contributed by atoms with Crippen molar-refractivity contribution in [1.29, 1.82) is 0 Å². The zero-order chi connectivity index (χ0) is 15.9. The lowest BCUT2D eigenvalue weighted by Crippen LogP contribution is -2.07. The molecule has 114 valence electrons. The number of nitrogens with zero attached hydrogens (tertiary/aromatic N) is 2. The minimum Gasteiger partial charge on any atom is -0.237 e. The lowest BCUT2D eigenvalue weighted by molar-refractivity contribution is 0.604. The molecule has 0 aliphatic carbocycles. The Bertz CT molecular complexity index is 678. The first-order valence-electron chi connectivity index (χ1n) is 7.43. The molecule has 0 N–H and O–H groups in total. The van der Waals surface area contributed by atoms with Crippen LogP contribution < -0.4 is 0 Å². The van der Waals surface area contributed by atoms with Crippen LogP contribution >= 0.6 is 11.6 Å². The highest BCUT2D eigenvalue weighted by Crippen LogP contribution is 2.35. The van der Waals surface area contributed by atoms with Crippen molar-refractivity contribution in [3.63, 3.8) is 0 Å². The molecule has 0 saturated carbocycles. The maximum Gasteiger partial charge on any atom is 0.154 e. The first-order chi connectivity index (χ1) is 9.73. The van der Waals surface area contributed by atoms with Crippen LogP contribution in [0.2, 0.25) is 5.02 Å². The van der Waals surface area contributed by atoms with E-state index >= 15 is 0 Å². The van der Waals surface area contributed by atoms with Crippen LogP contribution in [0.3, 0.4) is 0 Å². The molecule has 0 fully saturated rings. The van der Waals surface area contributed by atoms with Crippen LogP contribution in [0.5, 0.6) is 0 Å². The van der Waals surface area contributed by atoms with Crippen LogP contribution in [0, 0.1) is 5.82 Å². The average molecular weight is 309 g/mol. The molecule has 1 aromatic heterocycles. The summed E-state index contributed by atoms with van der Waals surface area (Å²) in [7, 11) is 0. The van der Waals surface area contributed by atoms with E-state index in [2.05, 4.69) is 9.97 Å². The third kappa shape index (κ3) is 2.89. The molecule has 1 aromatic carbocycles. The summed E-state index contributed by atoms with van der Waals surface area (Å²) in [5.74, 6) is 0.737. The van der Waals surface area contributed by atoms with Crippen molar-refractivity contribution in [3.05, 3.63) is 34.0 Å². The van der Waals surface area contributed by atoms with Crippen molar-refractivity contribution in [1.82, 2.24) is 9.97 Å². The van der Waals surface area contributed by atoms with Gasteiger partial charge in [-0.3, -0.25) is 0 Å². The molecule has 2 nitrogen and oxygen atoms in total. The van der Waals surface area contributed by atoms with E-state index in [9.17, 15) is 4.39 Å². The van der Waals surface area contributed by atoms with Gasteiger partial charge in [0.2, 0.25) is 0 Å². The van der Waals surface area contributed by atoms with Gasteiger partial charge in [0, 0.05) is 21.9 Å². The first-order valence-corrected chi connectivity index (χ1v) is 7.81. The van der Waals surface area contributed by atoms with E-state index in [1.54, 1.807) is 0 Å². The highest BCUT2D eigenvalue weighted by atomic mass is 35.5. The topological polar surface area (TPSA) is 25.8 Å². The van der Waals surface area contributed by atoms with E-state index in [0.717, 1.165) is 11.1 Å². The molecule has 2 rings (SSSR count). The van der Waals surface area contributed by atoms with Crippen molar-refractivity contribution >= 4 is 22.5 Å². The fourth-order valence-corrected chi connectivity index (χ4v) is 2.89. The Morgan fingerprint density at radius 3 is 2.05 bits per heavy atom. The summed E-state index contributed by atoms with van der Waals surface area (Å²) < 4.78 is 14.9. The van der Waals surface area contributed by atoms with Gasteiger partial charge < -0.3 is 0 Å². The lowest BCUT2D eigenvalue weighted by atomic mass is 9.97. The SMILES string of the molecule is CC(C)c1nc(C(C)C)c2cc(Cl)c(C(C)C)c(F)c2n1. The Morgan fingerprint density at radius 1 is 0.952 bits per heavy atom. The van der Waals surface area contributed by atoms with Crippen LogP contribution in [-0.2, 0) is 0 Å². The predicted molar refractivity (Wildman–Crippen MR) is 86.8 cm³/mol. The van der Waals surface area contributed by atoms with Crippen molar-refractivity contribution < 1.29 is 4.39 Å². The maximum absolute atomic E-state index is 14.9. The van der Waals surface area contributed by atoms with E-state index in [-0.39, 0.29) is 23.6 Å². The van der Waals surface area contributed by atoms with E-state index in [1.807, 2.05) is 47.6 Å². The number of rotatable bonds is 3. The summed E-state index contributed by atoms with van der Waals surface area (Å²) in [6, 6.07) is 1.81. The molecule has 0 radical (unpaired) electrons. The lowest BCUT2D eigenvalue weighted by Gasteiger charge is -2.17. The molecule has 0 atom stereocenters. The zero-order valence-electron chi connectivity index (χ0n) is 13.5. The molecule has 0 unspecified atom stereocenters. The maximum atomic E-state index is 14.9. The molecule has 0 spiro atoms. The van der Waals surface area contributed by atoms with Gasteiger partial charge in [-0.05, 0) is 17.9 Å². The van der Waals surface area contributed by atoms with Crippen LogP contribution in [0.25, 0.3) is 10.9 Å². The number of hydrogen-bond donors (Lipinski definition) is 0. The largest absolute Gasteiger partial charge is 0.237 e.